The van der Waals surface area contributed by atoms with Crippen LogP contribution in [0.2, 0.25) is 0 Å². The van der Waals surface area contributed by atoms with Crippen LogP contribution in [-0.2, 0) is 0 Å². The average molecular weight is 1210 g/mol. The third kappa shape index (κ3) is 11.5. The molecule has 0 atom stereocenters. The van der Waals surface area contributed by atoms with Gasteiger partial charge in [0.2, 0.25) is 23.6 Å². The first-order chi connectivity index (χ1) is 46.6. The summed E-state index contributed by atoms with van der Waals surface area (Å²) in [4.78, 5) is 15.9. The molecule has 15 aromatic rings. The zero-order chi connectivity index (χ0) is 62.6. The largest absolute Gasteiger partial charge is 0.416 e. The second-order valence-electron chi connectivity index (χ2n) is 23.1. The van der Waals surface area contributed by atoms with Gasteiger partial charge in [0.15, 0.2) is 0 Å². The Kier molecular flexibility index (Phi) is 15.2. The molecule has 0 saturated carbocycles. The van der Waals surface area contributed by atoms with E-state index in [0.29, 0.717) is 23.6 Å². The molecule has 0 unspecified atom stereocenters. The molecule has 94 heavy (non-hydrogen) atoms. The number of rotatable bonds is 16. The van der Waals surface area contributed by atoms with Gasteiger partial charge in [-0.05, 0) is 179 Å². The van der Waals surface area contributed by atoms with Crippen LogP contribution in [-0.4, -0.2) is 30.4 Å². The molecule has 1 aliphatic carbocycles. The van der Waals surface area contributed by atoms with Gasteiger partial charge in [-0.1, -0.05) is 206 Å². The maximum atomic E-state index is 6.20. The number of hydrogen-bond acceptors (Lipinski definition) is 10. The minimum Gasteiger partial charge on any atom is -0.416 e. The number of anilines is 6. The number of aromatic nitrogens is 6. The Morgan fingerprint density at radius 3 is 0.915 bits per heavy atom. The van der Waals surface area contributed by atoms with Crippen molar-refractivity contribution in [2.45, 2.75) is 12.8 Å². The van der Waals surface area contributed by atoms with Gasteiger partial charge in [0.1, 0.15) is 0 Å². The van der Waals surface area contributed by atoms with E-state index in [1.165, 1.54) is 0 Å². The van der Waals surface area contributed by atoms with E-state index < -0.39 is 0 Å². The molecule has 16 rings (SSSR count). The summed E-state index contributed by atoms with van der Waals surface area (Å²) in [6, 6.07) is 108. The molecule has 1 aliphatic rings. The predicted molar refractivity (Wildman–Crippen MR) is 380 cm³/mol. The predicted octanol–water partition coefficient (Wildman–Crippen LogP) is 22.1. The number of allylic oxidation sites excluding steroid dienone is 4. The Morgan fingerprint density at radius 2 is 0.543 bits per heavy atom. The van der Waals surface area contributed by atoms with Crippen LogP contribution in [0.5, 0.6) is 0 Å². The zero-order valence-corrected chi connectivity index (χ0v) is 51.0. The van der Waals surface area contributed by atoms with E-state index in [2.05, 4.69) is 285 Å². The van der Waals surface area contributed by atoms with Gasteiger partial charge in [0, 0.05) is 67.5 Å². The lowest BCUT2D eigenvalue weighted by molar-refractivity contribution is 0.554. The van der Waals surface area contributed by atoms with Gasteiger partial charge in [-0.2, -0.15) is 0 Å². The van der Waals surface area contributed by atoms with E-state index in [1.54, 1.807) is 0 Å². The number of para-hydroxylation sites is 2. The number of benzene rings is 12. The number of fused-ring (bicyclic) bond motifs is 1. The highest BCUT2D eigenvalue weighted by atomic mass is 16.4. The maximum Gasteiger partial charge on any atom is 0.248 e. The fourth-order valence-electron chi connectivity index (χ4n) is 12.3. The molecule has 0 saturated heterocycles. The van der Waals surface area contributed by atoms with Gasteiger partial charge in [0.25, 0.3) is 0 Å². The SMILES string of the molecule is C1=CC(c2nnc(-c3ccc(N(c4ccccc4)c4ccc(-c5nc6cc(-c7ccc(-c8ccccc8)cc7)c(-c7ccc(-c8ccccc8)cc7)cc6nc5-c5ccc(N(c6ccccc6)c6ccc(-c7nnc(-c8ccccc8)o7)cc6)cc5)cc4)cc3)o2)=CCC1. The Bertz CT molecular complexity index is 5180. The Labute approximate surface area is 544 Å². The van der Waals surface area contributed by atoms with Crippen LogP contribution in [0.1, 0.15) is 18.7 Å². The van der Waals surface area contributed by atoms with E-state index in [4.69, 9.17) is 18.8 Å². The molecular weight excluding hydrogens is 1150 g/mol. The average Bonchev–Trinajstić information content (AvgIpc) is 1.09. The molecular formula is C84H58N8O2. The molecule has 0 fully saturated rings. The molecule has 0 radical (unpaired) electrons. The van der Waals surface area contributed by atoms with Crippen LogP contribution < -0.4 is 9.80 Å². The minimum absolute atomic E-state index is 0.449. The second-order valence-corrected chi connectivity index (χ2v) is 23.1. The summed E-state index contributed by atoms with van der Waals surface area (Å²) in [7, 11) is 0. The number of nitrogens with zero attached hydrogens (tertiary/aromatic N) is 8. The monoisotopic (exact) mass is 1210 g/mol. The Morgan fingerprint density at radius 1 is 0.255 bits per heavy atom. The summed E-state index contributed by atoms with van der Waals surface area (Å²) in [6.07, 6.45) is 8.29. The van der Waals surface area contributed by atoms with Crippen molar-refractivity contribution in [3.8, 4) is 101 Å². The van der Waals surface area contributed by atoms with Crippen molar-refractivity contribution < 1.29 is 8.83 Å². The second kappa shape index (κ2) is 25.3. The van der Waals surface area contributed by atoms with Crippen molar-refractivity contribution in [3.05, 3.63) is 334 Å². The van der Waals surface area contributed by atoms with E-state index in [0.717, 1.165) is 147 Å². The van der Waals surface area contributed by atoms with Crippen molar-refractivity contribution in [2.24, 2.45) is 0 Å². The fraction of sp³-hybridized carbons (Fsp3) is 0.0238. The van der Waals surface area contributed by atoms with Crippen molar-refractivity contribution in [1.82, 2.24) is 30.4 Å². The summed E-state index contributed by atoms with van der Waals surface area (Å²) in [5.74, 6) is 1.92. The molecule has 0 bridgehead atoms. The van der Waals surface area contributed by atoms with E-state index >= 15 is 0 Å². The highest BCUT2D eigenvalue weighted by Crippen LogP contribution is 2.43. The highest BCUT2D eigenvalue weighted by Gasteiger charge is 2.22. The molecule has 0 N–H and O–H groups in total. The molecule has 0 aliphatic heterocycles. The van der Waals surface area contributed by atoms with Crippen molar-refractivity contribution >= 4 is 50.7 Å². The summed E-state index contributed by atoms with van der Waals surface area (Å²) < 4.78 is 12.4. The smallest absolute Gasteiger partial charge is 0.248 e. The first-order valence-electron chi connectivity index (χ1n) is 31.5. The normalized spacial score (nSPS) is 12.0. The van der Waals surface area contributed by atoms with Gasteiger partial charge in [-0.25, -0.2) is 9.97 Å². The van der Waals surface area contributed by atoms with Crippen LogP contribution in [0.3, 0.4) is 0 Å². The van der Waals surface area contributed by atoms with Gasteiger partial charge < -0.3 is 18.6 Å². The van der Waals surface area contributed by atoms with Gasteiger partial charge in [-0.3, -0.25) is 0 Å². The fourth-order valence-corrected chi connectivity index (χ4v) is 12.3. The lowest BCUT2D eigenvalue weighted by Gasteiger charge is -2.26. The van der Waals surface area contributed by atoms with Crippen molar-refractivity contribution in [3.63, 3.8) is 0 Å². The minimum atomic E-state index is 0.449. The van der Waals surface area contributed by atoms with Crippen LogP contribution in [0.25, 0.3) is 118 Å². The van der Waals surface area contributed by atoms with E-state index in [1.807, 2.05) is 72.8 Å². The van der Waals surface area contributed by atoms with E-state index in [9.17, 15) is 0 Å². The summed E-state index contributed by atoms with van der Waals surface area (Å²) >= 11 is 0. The summed E-state index contributed by atoms with van der Waals surface area (Å²) in [5, 5.41) is 17.6. The zero-order valence-electron chi connectivity index (χ0n) is 51.0. The van der Waals surface area contributed by atoms with Crippen molar-refractivity contribution in [2.75, 3.05) is 9.80 Å². The summed E-state index contributed by atoms with van der Waals surface area (Å²) in [6.45, 7) is 0. The molecule has 0 amide bonds. The highest BCUT2D eigenvalue weighted by molar-refractivity contribution is 5.97. The quantitative estimate of drug-likeness (QED) is 0.0927. The van der Waals surface area contributed by atoms with Crippen LogP contribution in [0, 0.1) is 0 Å². The van der Waals surface area contributed by atoms with Gasteiger partial charge in [-0.15, -0.1) is 20.4 Å². The third-order valence-corrected chi connectivity index (χ3v) is 17.1. The molecule has 3 aromatic heterocycles. The summed E-state index contributed by atoms with van der Waals surface area (Å²) in [5.41, 5.74) is 23.1. The Hall–Kier alpha value is -12.7. The molecule has 10 nitrogen and oxygen atoms in total. The standard InChI is InChI=1S/C84H58N8O2/c1-7-19-57(20-8-1)59-31-35-61(36-32-59)75-55-77-78(56-76(75)62-37-33-60(34-38-62)58-21-9-2-10-22-58)86-80(64-41-49-72(50-42-64)92(70-29-17-6-18-30-70)74-53-45-68(46-54-74)84-90-88-82(94-84)66-25-13-4-14-26-66)79(85-77)63-39-47-71(48-40-63)91(69-27-15-5-16-28-69)73-51-43-67(44-52-73)83-89-87-81(93-83)65-23-11-3-12-24-65/h1-3,5-13,15-56H,4,14H2. The van der Waals surface area contributed by atoms with Crippen LogP contribution in [0.15, 0.2) is 336 Å². The van der Waals surface area contributed by atoms with Gasteiger partial charge in [0.05, 0.1) is 22.4 Å². The maximum absolute atomic E-state index is 6.20. The van der Waals surface area contributed by atoms with E-state index in [-0.39, 0.29) is 0 Å². The first kappa shape index (κ1) is 56.6. The molecule has 446 valence electrons. The lowest BCUT2D eigenvalue weighted by Crippen LogP contribution is -2.10. The topological polar surface area (TPSA) is 110 Å². The Balaban J connectivity index is 0.806. The lowest BCUT2D eigenvalue weighted by atomic mass is 9.91. The van der Waals surface area contributed by atoms with Gasteiger partial charge >= 0.3 is 0 Å². The third-order valence-electron chi connectivity index (χ3n) is 17.1. The molecule has 12 aromatic carbocycles. The molecule has 3 heterocycles. The first-order valence-corrected chi connectivity index (χ1v) is 31.5. The number of hydrogen-bond donors (Lipinski definition) is 0. The van der Waals surface area contributed by atoms with Crippen molar-refractivity contribution in [1.29, 1.82) is 0 Å². The molecule has 0 spiro atoms. The van der Waals surface area contributed by atoms with Crippen LogP contribution in [0.4, 0.5) is 34.1 Å². The molecule has 10 heteroatoms. The van der Waals surface area contributed by atoms with Crippen LogP contribution >= 0.6 is 0 Å².